The lowest BCUT2D eigenvalue weighted by molar-refractivity contribution is -0.394. The van der Waals surface area contributed by atoms with Crippen LogP contribution in [0.2, 0.25) is 0 Å². The number of carbonyl (C=O) groups is 1. The van der Waals surface area contributed by atoms with Crippen LogP contribution in [0.5, 0.6) is 5.75 Å². The summed E-state index contributed by atoms with van der Waals surface area (Å²) < 4.78 is 0. The number of phenols is 1. The van der Waals surface area contributed by atoms with E-state index in [-0.39, 0.29) is 16.4 Å². The molecule has 0 unspecified atom stereocenters. The lowest BCUT2D eigenvalue weighted by atomic mass is 10.1. The van der Waals surface area contributed by atoms with Gasteiger partial charge in [-0.15, -0.1) is 0 Å². The maximum atomic E-state index is 12.1. The van der Waals surface area contributed by atoms with E-state index in [2.05, 4.69) is 10.6 Å². The van der Waals surface area contributed by atoms with Crippen molar-refractivity contribution in [1.82, 2.24) is 5.32 Å². The first-order valence-corrected chi connectivity index (χ1v) is 7.02. The Morgan fingerprint density at radius 1 is 1.04 bits per heavy atom. The van der Waals surface area contributed by atoms with E-state index in [4.69, 9.17) is 12.2 Å². The lowest BCUT2D eigenvalue weighted by Gasteiger charge is -2.09. The second-order valence-electron chi connectivity index (χ2n) is 4.71. The summed E-state index contributed by atoms with van der Waals surface area (Å²) in [6.45, 7) is 0. The number of non-ortho nitro benzene ring substituents is 2. The molecule has 0 aliphatic carbocycles. The number of aromatic hydroxyl groups is 1. The van der Waals surface area contributed by atoms with Gasteiger partial charge in [0.05, 0.1) is 21.5 Å². The monoisotopic (exact) mass is 362 g/mol. The van der Waals surface area contributed by atoms with Crippen molar-refractivity contribution in [1.29, 1.82) is 0 Å². The van der Waals surface area contributed by atoms with Gasteiger partial charge in [-0.25, -0.2) is 0 Å². The third kappa shape index (κ3) is 4.68. The zero-order valence-corrected chi connectivity index (χ0v) is 13.1. The fourth-order valence-corrected chi connectivity index (χ4v) is 2.07. The molecule has 25 heavy (non-hydrogen) atoms. The highest BCUT2D eigenvalue weighted by Gasteiger charge is 2.20. The molecule has 0 spiro atoms. The van der Waals surface area contributed by atoms with Crippen LogP contribution in [0, 0.1) is 20.2 Å². The highest BCUT2D eigenvalue weighted by atomic mass is 32.1. The summed E-state index contributed by atoms with van der Waals surface area (Å²) in [6.07, 6.45) is 0. The zero-order valence-electron chi connectivity index (χ0n) is 12.3. The predicted molar refractivity (Wildman–Crippen MR) is 91.5 cm³/mol. The summed E-state index contributed by atoms with van der Waals surface area (Å²) in [4.78, 5) is 32.1. The maximum Gasteiger partial charge on any atom is 0.277 e. The summed E-state index contributed by atoms with van der Waals surface area (Å²) in [5.74, 6) is -0.877. The Morgan fingerprint density at radius 2 is 1.64 bits per heavy atom. The van der Waals surface area contributed by atoms with Gasteiger partial charge in [-0.1, -0.05) is 6.07 Å². The van der Waals surface area contributed by atoms with Gasteiger partial charge in [0.25, 0.3) is 17.3 Å². The first-order valence-electron chi connectivity index (χ1n) is 6.61. The van der Waals surface area contributed by atoms with Crippen molar-refractivity contribution >= 4 is 40.3 Å². The number of phenolic OH excluding ortho intramolecular Hbond substituents is 1. The number of thiocarbonyl (C=S) groups is 1. The van der Waals surface area contributed by atoms with Crippen LogP contribution in [0.4, 0.5) is 17.1 Å². The normalized spacial score (nSPS) is 9.92. The van der Waals surface area contributed by atoms with Gasteiger partial charge in [0.2, 0.25) is 0 Å². The van der Waals surface area contributed by atoms with E-state index >= 15 is 0 Å². The second kappa shape index (κ2) is 7.31. The number of amides is 1. The second-order valence-corrected chi connectivity index (χ2v) is 5.12. The molecule has 0 saturated carbocycles. The highest BCUT2D eigenvalue weighted by Crippen LogP contribution is 2.22. The van der Waals surface area contributed by atoms with Crippen molar-refractivity contribution in [2.75, 3.05) is 5.32 Å². The fraction of sp³-hybridized carbons (Fsp3) is 0. The third-order valence-electron chi connectivity index (χ3n) is 2.92. The lowest BCUT2D eigenvalue weighted by Crippen LogP contribution is -2.34. The van der Waals surface area contributed by atoms with Crippen LogP contribution in [0.25, 0.3) is 0 Å². The number of nitrogens with one attached hydrogen (secondary N) is 2. The van der Waals surface area contributed by atoms with Crippen LogP contribution in [0.3, 0.4) is 0 Å². The number of nitro benzene ring substituents is 2. The van der Waals surface area contributed by atoms with Gasteiger partial charge in [0.1, 0.15) is 5.75 Å². The molecule has 3 N–H and O–H groups in total. The van der Waals surface area contributed by atoms with Gasteiger partial charge < -0.3 is 10.4 Å². The number of nitrogens with zero attached hydrogens (tertiary/aromatic N) is 2. The molecule has 2 aromatic carbocycles. The topological polar surface area (TPSA) is 148 Å². The van der Waals surface area contributed by atoms with Gasteiger partial charge >= 0.3 is 0 Å². The number of nitro groups is 2. The molecule has 0 radical (unpaired) electrons. The standard InChI is InChI=1S/C14H10N4O6S/c19-12-3-1-2-9(6-12)15-14(25)16-13(20)8-4-10(17(21)22)7-11(5-8)18(23)24/h1-7,19H,(H2,15,16,20,25). The molecule has 10 nitrogen and oxygen atoms in total. The van der Waals surface area contributed by atoms with Crippen LogP contribution in [0.1, 0.15) is 10.4 Å². The van der Waals surface area contributed by atoms with E-state index in [1.165, 1.54) is 12.1 Å². The van der Waals surface area contributed by atoms with Gasteiger partial charge in [0.15, 0.2) is 5.11 Å². The molecular weight excluding hydrogens is 352 g/mol. The number of hydrogen-bond donors (Lipinski definition) is 3. The average Bonchev–Trinajstić information content (AvgIpc) is 2.54. The Balaban J connectivity index is 2.18. The first kappa shape index (κ1) is 17.7. The molecule has 0 fully saturated rings. The minimum absolute atomic E-state index is 0.0200. The van der Waals surface area contributed by atoms with Crippen molar-refractivity contribution in [3.63, 3.8) is 0 Å². The molecule has 2 rings (SSSR count). The van der Waals surface area contributed by atoms with E-state index in [1.54, 1.807) is 12.1 Å². The van der Waals surface area contributed by atoms with Crippen molar-refractivity contribution < 1.29 is 19.7 Å². The number of anilines is 1. The fourth-order valence-electron chi connectivity index (χ4n) is 1.86. The molecular formula is C14H10N4O6S. The highest BCUT2D eigenvalue weighted by molar-refractivity contribution is 7.80. The van der Waals surface area contributed by atoms with Crippen LogP contribution >= 0.6 is 12.2 Å². The van der Waals surface area contributed by atoms with Crippen LogP contribution in [-0.4, -0.2) is 26.0 Å². The first-order chi connectivity index (χ1) is 11.8. The smallest absolute Gasteiger partial charge is 0.277 e. The molecule has 0 atom stereocenters. The molecule has 128 valence electrons. The molecule has 2 aromatic rings. The Morgan fingerprint density at radius 3 is 2.16 bits per heavy atom. The molecule has 11 heteroatoms. The molecule has 0 bridgehead atoms. The van der Waals surface area contributed by atoms with Crippen molar-refractivity contribution in [2.24, 2.45) is 0 Å². The van der Waals surface area contributed by atoms with Crippen LogP contribution in [0.15, 0.2) is 42.5 Å². The summed E-state index contributed by atoms with van der Waals surface area (Å²) in [6, 6.07) is 8.48. The van der Waals surface area contributed by atoms with Crippen molar-refractivity contribution in [2.45, 2.75) is 0 Å². The number of rotatable bonds is 4. The number of carbonyl (C=O) groups excluding carboxylic acids is 1. The minimum atomic E-state index is -0.857. The van der Waals surface area contributed by atoms with Gasteiger partial charge in [-0.2, -0.15) is 0 Å². The largest absolute Gasteiger partial charge is 0.508 e. The molecule has 0 aliphatic rings. The van der Waals surface area contributed by atoms with Crippen LogP contribution in [-0.2, 0) is 0 Å². The van der Waals surface area contributed by atoms with Crippen molar-refractivity contribution in [3.8, 4) is 5.75 Å². The van der Waals surface area contributed by atoms with Gasteiger partial charge in [0, 0.05) is 23.9 Å². The minimum Gasteiger partial charge on any atom is -0.508 e. The number of hydrogen-bond acceptors (Lipinski definition) is 7. The van der Waals surface area contributed by atoms with Gasteiger partial charge in [-0.3, -0.25) is 30.3 Å². The quantitative estimate of drug-likeness (QED) is 0.426. The zero-order chi connectivity index (χ0) is 18.6. The van der Waals surface area contributed by atoms with E-state index in [0.717, 1.165) is 18.2 Å². The third-order valence-corrected chi connectivity index (χ3v) is 3.12. The van der Waals surface area contributed by atoms with Crippen molar-refractivity contribution in [3.05, 3.63) is 68.3 Å². The van der Waals surface area contributed by atoms with E-state index in [9.17, 15) is 30.1 Å². The Kier molecular flexibility index (Phi) is 5.19. The molecule has 0 saturated heterocycles. The summed E-state index contributed by atoms with van der Waals surface area (Å²) in [5.41, 5.74) is -1.08. The number of benzene rings is 2. The molecule has 0 heterocycles. The molecule has 0 aromatic heterocycles. The molecule has 0 aliphatic heterocycles. The Hall–Kier alpha value is -3.60. The van der Waals surface area contributed by atoms with E-state index in [1.807, 2.05) is 0 Å². The predicted octanol–water partition coefficient (Wildman–Crippen LogP) is 2.34. The SMILES string of the molecule is O=C(NC(=S)Nc1cccc(O)c1)c1cc([N+](=O)[O-])cc([N+](=O)[O-])c1. The van der Waals surface area contributed by atoms with E-state index < -0.39 is 27.1 Å². The summed E-state index contributed by atoms with van der Waals surface area (Å²) >= 11 is 4.93. The van der Waals surface area contributed by atoms with Crippen LogP contribution < -0.4 is 10.6 Å². The van der Waals surface area contributed by atoms with Gasteiger partial charge in [-0.05, 0) is 24.4 Å². The average molecular weight is 362 g/mol. The Bertz CT molecular complexity index is 853. The van der Waals surface area contributed by atoms with E-state index in [0.29, 0.717) is 5.69 Å². The maximum absolute atomic E-state index is 12.1. The molecule has 1 amide bonds. The summed E-state index contributed by atoms with van der Waals surface area (Å²) in [7, 11) is 0. The summed E-state index contributed by atoms with van der Waals surface area (Å²) in [5, 5.41) is 35.8. The Labute approximate surface area is 145 Å².